The molecular formula is C26H38N2O3S. The summed E-state index contributed by atoms with van der Waals surface area (Å²) in [6.45, 7) is 5.47. The predicted molar refractivity (Wildman–Crippen MR) is 130 cm³/mol. The Labute approximate surface area is 193 Å². The number of allylic oxidation sites excluding steroid dienone is 2. The van der Waals surface area contributed by atoms with Gasteiger partial charge in [-0.2, -0.15) is 0 Å². The third-order valence-electron chi connectivity index (χ3n) is 8.66. The molecule has 1 aliphatic heterocycles. The van der Waals surface area contributed by atoms with Gasteiger partial charge in [-0.25, -0.2) is 8.42 Å². The lowest BCUT2D eigenvalue weighted by atomic mass is 9.72. The van der Waals surface area contributed by atoms with Gasteiger partial charge in [-0.3, -0.25) is 9.69 Å². The van der Waals surface area contributed by atoms with Gasteiger partial charge in [0.15, 0.2) is 9.84 Å². The first-order valence-corrected chi connectivity index (χ1v) is 14.2. The lowest BCUT2D eigenvalue weighted by molar-refractivity contribution is 0.0851. The van der Waals surface area contributed by atoms with Gasteiger partial charge in [0.05, 0.1) is 11.5 Å². The van der Waals surface area contributed by atoms with Crippen LogP contribution in [-0.4, -0.2) is 43.8 Å². The fourth-order valence-corrected chi connectivity index (χ4v) is 7.71. The highest BCUT2D eigenvalue weighted by Crippen LogP contribution is 2.50. The summed E-state index contributed by atoms with van der Waals surface area (Å²) in [4.78, 5) is 14.7. The van der Waals surface area contributed by atoms with Gasteiger partial charge < -0.3 is 5.73 Å². The van der Waals surface area contributed by atoms with Crippen LogP contribution in [0, 0.1) is 5.41 Å². The molecule has 1 saturated heterocycles. The Hall–Kier alpha value is -1.66. The standard InChI is InChI=1S/C26H38N2O3S/c1-3-26(4-2,28-15-17-32(30,31)18-16-28)21-7-8-22(24(27)29)23(19-21)20-9-13-25(14-10-20)11-5-6-12-25/h7-9,19H,3-6,10-18H2,1-2H3,(H2,27,29). The fourth-order valence-electron chi connectivity index (χ4n) is 6.51. The van der Waals surface area contributed by atoms with E-state index in [1.807, 2.05) is 12.1 Å². The van der Waals surface area contributed by atoms with Gasteiger partial charge in [0.2, 0.25) is 5.91 Å². The number of sulfone groups is 1. The zero-order chi connectivity index (χ0) is 23.0. The normalized spacial score (nSPS) is 23.2. The second-order valence-electron chi connectivity index (χ2n) is 10.1. The number of nitrogens with two attached hydrogens (primary N) is 1. The number of amides is 1. The maximum absolute atomic E-state index is 12.3. The molecule has 4 rings (SSSR count). The molecule has 6 heteroatoms. The molecule has 1 aromatic carbocycles. The van der Waals surface area contributed by atoms with E-state index in [0.717, 1.165) is 31.2 Å². The molecule has 1 spiro atoms. The SMILES string of the molecule is CCC(CC)(c1ccc(C(N)=O)c(C2=CCC3(CCCC3)CC2)c1)N1CCS(=O)(=O)CC1. The van der Waals surface area contributed by atoms with Crippen LogP contribution < -0.4 is 5.73 Å². The van der Waals surface area contributed by atoms with Crippen LogP contribution in [0.5, 0.6) is 0 Å². The number of benzene rings is 1. The van der Waals surface area contributed by atoms with Crippen LogP contribution in [0.1, 0.15) is 93.1 Å². The zero-order valence-electron chi connectivity index (χ0n) is 19.7. The van der Waals surface area contributed by atoms with Crippen LogP contribution in [0.4, 0.5) is 0 Å². The summed E-state index contributed by atoms with van der Waals surface area (Å²) in [5.74, 6) is 0.0545. The Morgan fingerprint density at radius 1 is 1.09 bits per heavy atom. The van der Waals surface area contributed by atoms with Crippen molar-refractivity contribution in [2.45, 2.75) is 77.2 Å². The predicted octanol–water partition coefficient (Wildman–Crippen LogP) is 4.66. The summed E-state index contributed by atoms with van der Waals surface area (Å²) >= 11 is 0. The van der Waals surface area contributed by atoms with E-state index in [1.54, 1.807) is 0 Å². The summed E-state index contributed by atoms with van der Waals surface area (Å²) in [6, 6.07) is 6.13. The van der Waals surface area contributed by atoms with Gasteiger partial charge in [0.25, 0.3) is 0 Å². The van der Waals surface area contributed by atoms with Crippen molar-refractivity contribution in [1.29, 1.82) is 0 Å². The minimum Gasteiger partial charge on any atom is -0.366 e. The van der Waals surface area contributed by atoms with Crippen molar-refractivity contribution < 1.29 is 13.2 Å². The Bertz CT molecular complexity index is 988. The molecule has 0 aromatic heterocycles. The maximum Gasteiger partial charge on any atom is 0.249 e. The molecule has 0 bridgehead atoms. The smallest absolute Gasteiger partial charge is 0.249 e. The Balaban J connectivity index is 1.71. The third-order valence-corrected chi connectivity index (χ3v) is 10.3. The average molecular weight is 459 g/mol. The van der Waals surface area contributed by atoms with Crippen molar-refractivity contribution >= 4 is 21.3 Å². The van der Waals surface area contributed by atoms with Gasteiger partial charge in [-0.15, -0.1) is 0 Å². The summed E-state index contributed by atoms with van der Waals surface area (Å²) in [5, 5.41) is 0. The third kappa shape index (κ3) is 4.28. The van der Waals surface area contributed by atoms with Crippen molar-refractivity contribution in [2.75, 3.05) is 24.6 Å². The van der Waals surface area contributed by atoms with Crippen LogP contribution in [0.2, 0.25) is 0 Å². The first kappa shape index (κ1) is 23.5. The van der Waals surface area contributed by atoms with Gasteiger partial charge in [-0.05, 0) is 79.2 Å². The molecule has 176 valence electrons. The van der Waals surface area contributed by atoms with Gasteiger partial charge in [-0.1, -0.05) is 38.8 Å². The van der Waals surface area contributed by atoms with Crippen molar-refractivity contribution in [3.63, 3.8) is 0 Å². The molecule has 0 atom stereocenters. The van der Waals surface area contributed by atoms with E-state index in [9.17, 15) is 13.2 Å². The van der Waals surface area contributed by atoms with E-state index in [-0.39, 0.29) is 23.0 Å². The average Bonchev–Trinajstić information content (AvgIpc) is 3.24. The van der Waals surface area contributed by atoms with E-state index in [0.29, 0.717) is 24.1 Å². The van der Waals surface area contributed by atoms with E-state index in [4.69, 9.17) is 5.73 Å². The van der Waals surface area contributed by atoms with E-state index in [2.05, 4.69) is 30.9 Å². The highest BCUT2D eigenvalue weighted by Gasteiger charge is 2.40. The number of primary amides is 1. The molecule has 5 nitrogen and oxygen atoms in total. The topological polar surface area (TPSA) is 80.5 Å². The fraction of sp³-hybridized carbons (Fsp3) is 0.654. The molecule has 1 aromatic rings. The Morgan fingerprint density at radius 3 is 2.28 bits per heavy atom. The second kappa shape index (κ2) is 8.94. The molecular weight excluding hydrogens is 420 g/mol. The van der Waals surface area contributed by atoms with Crippen molar-refractivity contribution in [3.05, 3.63) is 41.0 Å². The monoisotopic (exact) mass is 458 g/mol. The maximum atomic E-state index is 12.3. The van der Waals surface area contributed by atoms with Crippen LogP contribution in [0.3, 0.4) is 0 Å². The molecule has 2 N–H and O–H groups in total. The number of nitrogens with zero attached hydrogens (tertiary/aromatic N) is 1. The minimum atomic E-state index is -2.94. The number of rotatable bonds is 6. The van der Waals surface area contributed by atoms with Crippen LogP contribution in [0.25, 0.3) is 5.57 Å². The van der Waals surface area contributed by atoms with Gasteiger partial charge >= 0.3 is 0 Å². The number of carbonyl (C=O) groups excluding carboxylic acids is 1. The molecule has 0 radical (unpaired) electrons. The summed E-state index contributed by atoms with van der Waals surface area (Å²) in [6.07, 6.45) is 12.8. The molecule has 1 saturated carbocycles. The largest absolute Gasteiger partial charge is 0.366 e. The van der Waals surface area contributed by atoms with E-state index in [1.165, 1.54) is 43.2 Å². The molecule has 2 fully saturated rings. The summed E-state index contributed by atoms with van der Waals surface area (Å²) < 4.78 is 24.1. The second-order valence-corrected chi connectivity index (χ2v) is 12.4. The number of hydrogen-bond acceptors (Lipinski definition) is 4. The first-order chi connectivity index (χ1) is 15.2. The van der Waals surface area contributed by atoms with Gasteiger partial charge in [0, 0.05) is 24.2 Å². The first-order valence-electron chi connectivity index (χ1n) is 12.3. The van der Waals surface area contributed by atoms with E-state index >= 15 is 0 Å². The Kier molecular flexibility index (Phi) is 6.56. The Morgan fingerprint density at radius 2 is 1.75 bits per heavy atom. The van der Waals surface area contributed by atoms with Crippen molar-refractivity contribution in [2.24, 2.45) is 11.1 Å². The number of carbonyl (C=O) groups is 1. The van der Waals surface area contributed by atoms with Crippen LogP contribution in [-0.2, 0) is 15.4 Å². The van der Waals surface area contributed by atoms with Gasteiger partial charge in [0.1, 0.15) is 0 Å². The van der Waals surface area contributed by atoms with E-state index < -0.39 is 9.84 Å². The molecule has 0 unspecified atom stereocenters. The minimum absolute atomic E-state index is 0.216. The molecule has 3 aliphatic rings. The highest BCUT2D eigenvalue weighted by molar-refractivity contribution is 7.91. The van der Waals surface area contributed by atoms with Crippen LogP contribution >= 0.6 is 0 Å². The summed E-state index contributed by atoms with van der Waals surface area (Å²) in [5.41, 5.74) is 10.0. The van der Waals surface area contributed by atoms with Crippen molar-refractivity contribution in [1.82, 2.24) is 4.90 Å². The lowest BCUT2D eigenvalue weighted by Gasteiger charge is -2.45. The van der Waals surface area contributed by atoms with Crippen molar-refractivity contribution in [3.8, 4) is 0 Å². The molecule has 1 amide bonds. The number of hydrogen-bond donors (Lipinski definition) is 1. The van der Waals surface area contributed by atoms with Crippen LogP contribution in [0.15, 0.2) is 24.3 Å². The quantitative estimate of drug-likeness (QED) is 0.672. The summed E-state index contributed by atoms with van der Waals surface area (Å²) in [7, 11) is -2.94. The zero-order valence-corrected chi connectivity index (χ0v) is 20.5. The molecule has 2 aliphatic carbocycles. The lowest BCUT2D eigenvalue weighted by Crippen LogP contribution is -2.52. The highest BCUT2D eigenvalue weighted by atomic mass is 32.2. The molecule has 32 heavy (non-hydrogen) atoms. The molecule has 1 heterocycles.